The van der Waals surface area contributed by atoms with Gasteiger partial charge in [0.25, 0.3) is 0 Å². The van der Waals surface area contributed by atoms with Crippen LogP contribution in [-0.2, 0) is 16.4 Å². The molecule has 0 radical (unpaired) electrons. The van der Waals surface area contributed by atoms with Gasteiger partial charge in [-0.15, -0.1) is 0 Å². The van der Waals surface area contributed by atoms with E-state index in [2.05, 4.69) is 39.3 Å². The lowest BCUT2D eigenvalue weighted by atomic mass is 10.1. The van der Waals surface area contributed by atoms with E-state index in [4.69, 9.17) is 4.52 Å². The summed E-state index contributed by atoms with van der Waals surface area (Å²) in [5.41, 5.74) is 1.33. The average molecular weight is 378 g/mol. The Morgan fingerprint density at radius 1 is 1.19 bits per heavy atom. The van der Waals surface area contributed by atoms with Gasteiger partial charge in [0.2, 0.25) is 15.9 Å². The molecule has 1 aliphatic rings. The van der Waals surface area contributed by atoms with Crippen molar-refractivity contribution in [3.8, 4) is 0 Å². The lowest BCUT2D eigenvalue weighted by Gasteiger charge is -2.24. The fraction of sp³-hybridized carbons (Fsp3) is 0.556. The molecule has 8 heteroatoms. The first-order chi connectivity index (χ1) is 12.4. The number of aryl methyl sites for hydroxylation is 2. The molecule has 0 bridgehead atoms. The number of rotatable bonds is 6. The summed E-state index contributed by atoms with van der Waals surface area (Å²) in [5, 5.41) is 3.82. The molecular weight excluding hydrogens is 352 g/mol. The van der Waals surface area contributed by atoms with Crippen molar-refractivity contribution >= 4 is 10.0 Å². The first-order valence-corrected chi connectivity index (χ1v) is 10.8. The Bertz CT molecular complexity index is 807. The van der Waals surface area contributed by atoms with E-state index in [1.165, 1.54) is 16.1 Å². The third kappa shape index (κ3) is 4.90. The van der Waals surface area contributed by atoms with Crippen molar-refractivity contribution in [2.45, 2.75) is 32.2 Å². The highest BCUT2D eigenvalue weighted by atomic mass is 32.2. The van der Waals surface area contributed by atoms with E-state index in [0.29, 0.717) is 31.2 Å². The number of sulfonamides is 1. The van der Waals surface area contributed by atoms with Crippen molar-refractivity contribution in [2.24, 2.45) is 0 Å². The maximum atomic E-state index is 12.3. The summed E-state index contributed by atoms with van der Waals surface area (Å²) in [5.74, 6) is 0.913. The second kappa shape index (κ2) is 8.28. The molecule has 0 saturated carbocycles. The minimum absolute atomic E-state index is 0.384. The smallest absolute Gasteiger partial charge is 0.245 e. The molecule has 0 amide bonds. The molecule has 2 aromatic rings. The van der Waals surface area contributed by atoms with Crippen LogP contribution >= 0.6 is 0 Å². The second-order valence-electron chi connectivity index (χ2n) is 6.79. The third-order valence-electron chi connectivity index (χ3n) is 4.74. The van der Waals surface area contributed by atoms with E-state index in [0.717, 1.165) is 25.9 Å². The van der Waals surface area contributed by atoms with Gasteiger partial charge < -0.3 is 9.42 Å². The maximum absolute atomic E-state index is 12.3. The first-order valence-electron chi connectivity index (χ1n) is 8.97. The number of benzene rings is 1. The number of aromatic nitrogens is 2. The molecule has 1 aromatic heterocycles. The topological polar surface area (TPSA) is 79.5 Å². The Morgan fingerprint density at radius 2 is 1.96 bits per heavy atom. The molecule has 26 heavy (non-hydrogen) atoms. The van der Waals surface area contributed by atoms with E-state index in [9.17, 15) is 8.42 Å². The Morgan fingerprint density at radius 3 is 2.62 bits per heavy atom. The quantitative estimate of drug-likeness (QED) is 0.765. The largest absolute Gasteiger partial charge is 0.338 e. The average Bonchev–Trinajstić information content (AvgIpc) is 2.90. The number of hydrogen-bond acceptors (Lipinski definition) is 6. The van der Waals surface area contributed by atoms with E-state index in [-0.39, 0.29) is 6.04 Å². The van der Waals surface area contributed by atoms with Crippen molar-refractivity contribution in [3.05, 3.63) is 47.6 Å². The number of hydrogen-bond donors (Lipinski definition) is 0. The normalized spacial score (nSPS) is 20.2. The van der Waals surface area contributed by atoms with E-state index < -0.39 is 10.0 Å². The van der Waals surface area contributed by atoms with Crippen molar-refractivity contribution in [3.63, 3.8) is 0 Å². The molecule has 2 heterocycles. The van der Waals surface area contributed by atoms with Gasteiger partial charge in [0.15, 0.2) is 5.82 Å². The van der Waals surface area contributed by atoms with Crippen LogP contribution in [0.5, 0.6) is 0 Å². The Kier molecular flexibility index (Phi) is 6.05. The SMILES string of the molecule is Cc1noc(C2CCN(CCCc3ccccc3)CCN2S(C)(=O)=O)n1. The molecule has 0 aliphatic carbocycles. The van der Waals surface area contributed by atoms with Gasteiger partial charge >= 0.3 is 0 Å². The van der Waals surface area contributed by atoms with Gasteiger partial charge in [0, 0.05) is 19.6 Å². The molecule has 1 atom stereocenters. The van der Waals surface area contributed by atoms with Crippen molar-refractivity contribution in [1.82, 2.24) is 19.3 Å². The molecule has 1 aromatic carbocycles. The van der Waals surface area contributed by atoms with Crippen LogP contribution in [-0.4, -0.2) is 60.2 Å². The van der Waals surface area contributed by atoms with Crippen molar-refractivity contribution in [2.75, 3.05) is 32.4 Å². The van der Waals surface area contributed by atoms with Crippen LogP contribution in [0.3, 0.4) is 0 Å². The highest BCUT2D eigenvalue weighted by molar-refractivity contribution is 7.88. The van der Waals surface area contributed by atoms with Crippen LogP contribution < -0.4 is 0 Å². The van der Waals surface area contributed by atoms with Crippen LogP contribution in [0.2, 0.25) is 0 Å². The Hall–Kier alpha value is -1.77. The third-order valence-corrected chi connectivity index (χ3v) is 6.03. The van der Waals surface area contributed by atoms with Crippen molar-refractivity contribution in [1.29, 1.82) is 0 Å². The molecule has 0 N–H and O–H groups in total. The summed E-state index contributed by atoms with van der Waals surface area (Å²) in [4.78, 5) is 6.59. The predicted octanol–water partition coefficient (Wildman–Crippen LogP) is 2.02. The molecule has 142 valence electrons. The van der Waals surface area contributed by atoms with E-state index >= 15 is 0 Å². The van der Waals surface area contributed by atoms with E-state index in [1.807, 2.05) is 6.07 Å². The predicted molar refractivity (Wildman–Crippen MR) is 99.1 cm³/mol. The van der Waals surface area contributed by atoms with E-state index in [1.54, 1.807) is 6.92 Å². The van der Waals surface area contributed by atoms with Gasteiger partial charge in [-0.2, -0.15) is 9.29 Å². The van der Waals surface area contributed by atoms with Gasteiger partial charge in [0.1, 0.15) is 6.04 Å². The van der Waals surface area contributed by atoms with Gasteiger partial charge in [-0.25, -0.2) is 8.42 Å². The highest BCUT2D eigenvalue weighted by Gasteiger charge is 2.34. The van der Waals surface area contributed by atoms with Crippen LogP contribution in [0.15, 0.2) is 34.9 Å². The van der Waals surface area contributed by atoms with Crippen LogP contribution in [0.4, 0.5) is 0 Å². The van der Waals surface area contributed by atoms with Crippen LogP contribution in [0.1, 0.15) is 36.2 Å². The minimum atomic E-state index is -3.35. The summed E-state index contributed by atoms with van der Waals surface area (Å²) in [6.07, 6.45) is 3.97. The lowest BCUT2D eigenvalue weighted by molar-refractivity contribution is 0.257. The van der Waals surface area contributed by atoms with Gasteiger partial charge in [-0.05, 0) is 38.3 Å². The Balaban J connectivity index is 1.63. The summed E-state index contributed by atoms with van der Waals surface area (Å²) in [7, 11) is -3.35. The number of nitrogens with zero attached hydrogens (tertiary/aromatic N) is 4. The van der Waals surface area contributed by atoms with Gasteiger partial charge in [-0.3, -0.25) is 0 Å². The molecule has 1 saturated heterocycles. The highest BCUT2D eigenvalue weighted by Crippen LogP contribution is 2.28. The van der Waals surface area contributed by atoms with Crippen LogP contribution in [0.25, 0.3) is 0 Å². The molecular formula is C18H26N4O3S. The summed E-state index contributed by atoms with van der Waals surface area (Å²) < 4.78 is 31.3. The summed E-state index contributed by atoms with van der Waals surface area (Å²) in [6.45, 7) is 4.65. The zero-order valence-corrected chi connectivity index (χ0v) is 16.2. The zero-order chi connectivity index (χ0) is 18.6. The zero-order valence-electron chi connectivity index (χ0n) is 15.3. The lowest BCUT2D eigenvalue weighted by Crippen LogP contribution is -2.36. The fourth-order valence-electron chi connectivity index (χ4n) is 3.42. The second-order valence-corrected chi connectivity index (χ2v) is 8.72. The first kappa shape index (κ1) is 19.0. The van der Waals surface area contributed by atoms with Crippen molar-refractivity contribution < 1.29 is 12.9 Å². The summed E-state index contributed by atoms with van der Waals surface area (Å²) in [6, 6.07) is 10.0. The van der Waals surface area contributed by atoms with Gasteiger partial charge in [0.05, 0.1) is 6.26 Å². The van der Waals surface area contributed by atoms with Crippen LogP contribution in [0, 0.1) is 6.92 Å². The standard InChI is InChI=1S/C18H26N4O3S/c1-15-19-18(25-20-15)17-10-12-21(13-14-22(17)26(2,23)24)11-6-9-16-7-4-3-5-8-16/h3-5,7-8,17H,6,9-14H2,1-2H3. The maximum Gasteiger partial charge on any atom is 0.245 e. The fourth-order valence-corrected chi connectivity index (χ4v) is 4.49. The summed E-state index contributed by atoms with van der Waals surface area (Å²) >= 11 is 0. The molecule has 1 fully saturated rings. The molecule has 1 unspecified atom stereocenters. The monoisotopic (exact) mass is 378 g/mol. The van der Waals surface area contributed by atoms with Gasteiger partial charge in [-0.1, -0.05) is 35.5 Å². The minimum Gasteiger partial charge on any atom is -0.338 e. The molecule has 3 rings (SSSR count). The Labute approximate surface area is 155 Å². The molecule has 0 spiro atoms. The molecule has 1 aliphatic heterocycles. The molecule has 7 nitrogen and oxygen atoms in total.